The summed E-state index contributed by atoms with van der Waals surface area (Å²) >= 11 is 0. The summed E-state index contributed by atoms with van der Waals surface area (Å²) in [6.07, 6.45) is 1.70. The highest BCUT2D eigenvalue weighted by atomic mass is 16.5. The molecule has 0 aliphatic carbocycles. The number of carbonyl (C=O) groups is 1. The number of amides is 1. The van der Waals surface area contributed by atoms with E-state index in [0.29, 0.717) is 17.9 Å². The van der Waals surface area contributed by atoms with Crippen molar-refractivity contribution in [1.82, 2.24) is 15.2 Å². The molecular weight excluding hydrogens is 388 g/mol. The van der Waals surface area contributed by atoms with Crippen LogP contribution in [-0.4, -0.2) is 55.2 Å². The van der Waals surface area contributed by atoms with Crippen LogP contribution in [0.5, 0.6) is 0 Å². The summed E-state index contributed by atoms with van der Waals surface area (Å²) in [5.74, 6) is 6.82. The molecule has 1 amide bonds. The summed E-state index contributed by atoms with van der Waals surface area (Å²) in [5.41, 5.74) is 9.24. The topological polar surface area (TPSA) is 80.5 Å². The molecule has 0 radical (unpaired) electrons. The first-order valence-electron chi connectivity index (χ1n) is 10.5. The summed E-state index contributed by atoms with van der Waals surface area (Å²) in [4.78, 5) is 19.2. The van der Waals surface area contributed by atoms with Gasteiger partial charge in [0.15, 0.2) is 0 Å². The number of nitrogens with zero attached hydrogens (tertiary/aromatic N) is 2. The number of hydrogen-bond acceptors (Lipinski definition) is 5. The van der Waals surface area contributed by atoms with Crippen LogP contribution in [0.1, 0.15) is 27.0 Å². The van der Waals surface area contributed by atoms with Crippen molar-refractivity contribution in [2.75, 3.05) is 45.1 Å². The highest BCUT2D eigenvalue weighted by molar-refractivity contribution is 5.95. The maximum Gasteiger partial charge on any atom is 0.251 e. The number of pyridine rings is 1. The summed E-state index contributed by atoms with van der Waals surface area (Å²) in [5, 5.41) is 4.86. The molecule has 3 N–H and O–H groups in total. The summed E-state index contributed by atoms with van der Waals surface area (Å²) in [6.45, 7) is 6.76. The van der Waals surface area contributed by atoms with Gasteiger partial charge in [-0.2, -0.15) is 0 Å². The van der Waals surface area contributed by atoms with E-state index < -0.39 is 0 Å². The van der Waals surface area contributed by atoms with Crippen molar-refractivity contribution >= 4 is 22.5 Å². The number of hydrogen-bond donors (Lipinski definition) is 2. The van der Waals surface area contributed by atoms with Gasteiger partial charge >= 0.3 is 0 Å². The second-order valence-electron chi connectivity index (χ2n) is 7.59. The van der Waals surface area contributed by atoms with Gasteiger partial charge < -0.3 is 15.8 Å². The Labute approximate surface area is 182 Å². The molecular formula is C25H26N4O2. The van der Waals surface area contributed by atoms with Crippen LogP contribution in [0, 0.1) is 18.8 Å². The Bertz CT molecular complexity index is 1160. The molecule has 6 nitrogen and oxygen atoms in total. The lowest BCUT2D eigenvalue weighted by atomic mass is 10.0. The minimum Gasteiger partial charge on any atom is -0.383 e. The van der Waals surface area contributed by atoms with Gasteiger partial charge in [-0.05, 0) is 24.6 Å². The van der Waals surface area contributed by atoms with E-state index >= 15 is 0 Å². The van der Waals surface area contributed by atoms with Crippen LogP contribution in [0.3, 0.4) is 0 Å². The number of aromatic nitrogens is 1. The van der Waals surface area contributed by atoms with Gasteiger partial charge in [0.2, 0.25) is 0 Å². The Balaban J connectivity index is 1.49. The Morgan fingerprint density at radius 3 is 2.68 bits per heavy atom. The fraction of sp³-hybridized carbons (Fsp3) is 0.280. The number of ether oxygens (including phenoxy) is 1. The largest absolute Gasteiger partial charge is 0.383 e. The molecule has 0 unspecified atom stereocenters. The molecule has 0 atom stereocenters. The van der Waals surface area contributed by atoms with Crippen molar-refractivity contribution < 1.29 is 9.53 Å². The second kappa shape index (κ2) is 9.61. The van der Waals surface area contributed by atoms with Crippen LogP contribution in [0.2, 0.25) is 0 Å². The zero-order chi connectivity index (χ0) is 21.6. The number of nitrogens with one attached hydrogen (secondary N) is 1. The lowest BCUT2D eigenvalue weighted by molar-refractivity contribution is 0.0383. The highest BCUT2D eigenvalue weighted by Gasteiger charge is 2.11. The van der Waals surface area contributed by atoms with E-state index in [9.17, 15) is 4.79 Å². The minimum atomic E-state index is -0.0871. The van der Waals surface area contributed by atoms with Crippen molar-refractivity contribution in [3.05, 3.63) is 70.9 Å². The van der Waals surface area contributed by atoms with Crippen LogP contribution in [0.15, 0.2) is 48.7 Å². The summed E-state index contributed by atoms with van der Waals surface area (Å²) < 4.78 is 5.35. The average molecular weight is 415 g/mol. The normalized spacial score (nSPS) is 14.1. The van der Waals surface area contributed by atoms with E-state index in [2.05, 4.69) is 27.0 Å². The lowest BCUT2D eigenvalue weighted by Crippen LogP contribution is -2.41. The molecule has 4 rings (SSSR count). The van der Waals surface area contributed by atoms with Gasteiger partial charge in [-0.25, -0.2) is 4.98 Å². The molecule has 0 saturated carbocycles. The number of fused-ring (bicyclic) bond motifs is 1. The van der Waals surface area contributed by atoms with Crippen LogP contribution in [-0.2, 0) is 4.74 Å². The van der Waals surface area contributed by atoms with Gasteiger partial charge in [0, 0.05) is 54.3 Å². The van der Waals surface area contributed by atoms with E-state index in [1.54, 1.807) is 6.20 Å². The van der Waals surface area contributed by atoms with Crippen molar-refractivity contribution in [3.8, 4) is 11.8 Å². The molecule has 1 aromatic heterocycles. The molecule has 2 heterocycles. The van der Waals surface area contributed by atoms with Crippen LogP contribution < -0.4 is 11.1 Å². The predicted molar refractivity (Wildman–Crippen MR) is 123 cm³/mol. The number of aryl methyl sites for hydroxylation is 1. The van der Waals surface area contributed by atoms with Gasteiger partial charge in [0.05, 0.1) is 18.8 Å². The third-order valence-electron chi connectivity index (χ3n) is 5.47. The van der Waals surface area contributed by atoms with Crippen molar-refractivity contribution in [2.45, 2.75) is 6.92 Å². The van der Waals surface area contributed by atoms with E-state index in [-0.39, 0.29) is 5.91 Å². The van der Waals surface area contributed by atoms with Gasteiger partial charge in [0.25, 0.3) is 5.91 Å². The summed E-state index contributed by atoms with van der Waals surface area (Å²) in [7, 11) is 0. The summed E-state index contributed by atoms with van der Waals surface area (Å²) in [6, 6.07) is 13.4. The molecule has 1 aliphatic heterocycles. The molecule has 2 aromatic carbocycles. The second-order valence-corrected chi connectivity index (χ2v) is 7.59. The lowest BCUT2D eigenvalue weighted by Gasteiger charge is -2.26. The number of morpholine rings is 1. The number of nitrogens with two attached hydrogens (primary N) is 1. The van der Waals surface area contributed by atoms with Crippen LogP contribution in [0.4, 0.5) is 5.82 Å². The molecule has 0 bridgehead atoms. The molecule has 3 aromatic rings. The van der Waals surface area contributed by atoms with Gasteiger partial charge in [-0.1, -0.05) is 42.2 Å². The minimum absolute atomic E-state index is 0.0871. The van der Waals surface area contributed by atoms with Crippen molar-refractivity contribution in [1.29, 1.82) is 0 Å². The van der Waals surface area contributed by atoms with Gasteiger partial charge in [-0.3, -0.25) is 9.69 Å². The molecule has 1 saturated heterocycles. The fourth-order valence-electron chi connectivity index (χ4n) is 3.60. The number of nitrogen functional groups attached to an aromatic ring is 1. The first kappa shape index (κ1) is 20.9. The van der Waals surface area contributed by atoms with Crippen molar-refractivity contribution in [2.24, 2.45) is 0 Å². The highest BCUT2D eigenvalue weighted by Crippen LogP contribution is 2.22. The molecule has 1 fully saturated rings. The first-order chi connectivity index (χ1) is 15.1. The fourth-order valence-corrected chi connectivity index (χ4v) is 3.60. The Kier molecular flexibility index (Phi) is 6.46. The zero-order valence-corrected chi connectivity index (χ0v) is 17.6. The SMILES string of the molecule is Cc1ccc(C(=O)NCCN2CCOCC2)cc1C#Cc1cnc(N)c2ccccc12. The Morgan fingerprint density at radius 1 is 1.13 bits per heavy atom. The monoisotopic (exact) mass is 414 g/mol. The average Bonchev–Trinajstić information content (AvgIpc) is 2.80. The first-order valence-corrected chi connectivity index (χ1v) is 10.5. The molecule has 0 spiro atoms. The number of rotatable bonds is 4. The standard InChI is InChI=1S/C25H26N4O2/c1-18-6-7-20(25(30)27-10-11-29-12-14-31-15-13-29)16-19(18)8-9-21-17-28-24(26)23-5-3-2-4-22(21)23/h2-7,16-17H,10-15H2,1H3,(H2,26,28)(H,27,30). The smallest absolute Gasteiger partial charge is 0.251 e. The van der Waals surface area contributed by atoms with E-state index in [4.69, 9.17) is 10.5 Å². The molecule has 6 heteroatoms. The van der Waals surface area contributed by atoms with E-state index in [1.807, 2.05) is 49.4 Å². The van der Waals surface area contributed by atoms with Crippen LogP contribution >= 0.6 is 0 Å². The van der Waals surface area contributed by atoms with Crippen molar-refractivity contribution in [3.63, 3.8) is 0 Å². The Morgan fingerprint density at radius 2 is 1.87 bits per heavy atom. The third kappa shape index (κ3) is 5.02. The van der Waals surface area contributed by atoms with Gasteiger partial charge in [0.1, 0.15) is 5.82 Å². The number of anilines is 1. The third-order valence-corrected chi connectivity index (χ3v) is 5.47. The number of benzene rings is 2. The maximum absolute atomic E-state index is 12.6. The predicted octanol–water partition coefficient (Wildman–Crippen LogP) is 2.59. The maximum atomic E-state index is 12.6. The zero-order valence-electron chi connectivity index (χ0n) is 17.6. The van der Waals surface area contributed by atoms with Gasteiger partial charge in [-0.15, -0.1) is 0 Å². The van der Waals surface area contributed by atoms with E-state index in [0.717, 1.165) is 60.3 Å². The van der Waals surface area contributed by atoms with Crippen LogP contribution in [0.25, 0.3) is 10.8 Å². The molecule has 31 heavy (non-hydrogen) atoms. The number of carbonyl (C=O) groups excluding carboxylic acids is 1. The quantitative estimate of drug-likeness (QED) is 0.642. The molecule has 158 valence electrons. The van der Waals surface area contributed by atoms with E-state index in [1.165, 1.54) is 0 Å². The molecule has 1 aliphatic rings. The Hall–Kier alpha value is -3.40.